The lowest BCUT2D eigenvalue weighted by atomic mass is 10.1. The summed E-state index contributed by atoms with van der Waals surface area (Å²) in [6, 6.07) is 12.4. The number of thiophene rings is 1. The SMILES string of the molecule is CCc1ccc(S(=O)(=O)NCC(O)c2ccccc2)s1. The Morgan fingerprint density at radius 2 is 1.90 bits per heavy atom. The Morgan fingerprint density at radius 3 is 2.50 bits per heavy atom. The number of benzene rings is 1. The Kier molecular flexibility index (Phi) is 4.93. The molecule has 20 heavy (non-hydrogen) atoms. The highest BCUT2D eigenvalue weighted by Gasteiger charge is 2.18. The quantitative estimate of drug-likeness (QED) is 0.860. The van der Waals surface area contributed by atoms with Crippen molar-refractivity contribution in [3.63, 3.8) is 0 Å². The van der Waals surface area contributed by atoms with Crippen LogP contribution in [0.2, 0.25) is 0 Å². The van der Waals surface area contributed by atoms with Crippen molar-refractivity contribution < 1.29 is 13.5 Å². The van der Waals surface area contributed by atoms with E-state index in [2.05, 4.69) is 4.72 Å². The van der Waals surface area contributed by atoms with Crippen LogP contribution in [-0.4, -0.2) is 20.1 Å². The molecule has 0 bridgehead atoms. The Bertz CT molecular complexity index is 650. The van der Waals surface area contributed by atoms with Crippen LogP contribution in [0.1, 0.15) is 23.5 Å². The van der Waals surface area contributed by atoms with E-state index in [0.29, 0.717) is 5.56 Å². The fourth-order valence-electron chi connectivity index (χ4n) is 1.75. The number of sulfonamides is 1. The van der Waals surface area contributed by atoms with Crippen LogP contribution in [0.4, 0.5) is 0 Å². The van der Waals surface area contributed by atoms with E-state index >= 15 is 0 Å². The molecule has 4 nitrogen and oxygen atoms in total. The molecule has 1 aromatic carbocycles. The molecule has 108 valence electrons. The lowest BCUT2D eigenvalue weighted by molar-refractivity contribution is 0.182. The smallest absolute Gasteiger partial charge is 0.250 e. The van der Waals surface area contributed by atoms with Gasteiger partial charge in [0.25, 0.3) is 0 Å². The minimum Gasteiger partial charge on any atom is -0.387 e. The molecule has 2 N–H and O–H groups in total. The molecule has 0 saturated carbocycles. The molecule has 6 heteroatoms. The molecule has 0 radical (unpaired) electrons. The lowest BCUT2D eigenvalue weighted by Crippen LogP contribution is -2.27. The number of rotatable bonds is 6. The third-order valence-corrected chi connectivity index (χ3v) is 6.05. The van der Waals surface area contributed by atoms with Crippen LogP contribution in [0.5, 0.6) is 0 Å². The molecule has 0 fully saturated rings. The normalized spacial score (nSPS) is 13.3. The number of aryl methyl sites for hydroxylation is 1. The minimum atomic E-state index is -3.54. The van der Waals surface area contributed by atoms with Crippen LogP contribution in [0, 0.1) is 0 Å². The van der Waals surface area contributed by atoms with Crippen LogP contribution < -0.4 is 4.72 Å². The summed E-state index contributed by atoms with van der Waals surface area (Å²) in [5.41, 5.74) is 0.690. The summed E-state index contributed by atoms with van der Waals surface area (Å²) in [7, 11) is -3.54. The first-order valence-corrected chi connectivity index (χ1v) is 8.64. The largest absolute Gasteiger partial charge is 0.387 e. The maximum Gasteiger partial charge on any atom is 0.250 e. The van der Waals surface area contributed by atoms with Gasteiger partial charge >= 0.3 is 0 Å². The van der Waals surface area contributed by atoms with Gasteiger partial charge in [-0.05, 0) is 24.1 Å². The van der Waals surface area contributed by atoms with Crippen LogP contribution in [0.3, 0.4) is 0 Å². The van der Waals surface area contributed by atoms with Crippen molar-refractivity contribution in [2.75, 3.05) is 6.54 Å². The van der Waals surface area contributed by atoms with E-state index in [9.17, 15) is 13.5 Å². The predicted octanol–water partition coefficient (Wildman–Crippen LogP) is 2.32. The van der Waals surface area contributed by atoms with E-state index in [0.717, 1.165) is 11.3 Å². The summed E-state index contributed by atoms with van der Waals surface area (Å²) in [5, 5.41) is 9.96. The molecule has 0 aliphatic heterocycles. The van der Waals surface area contributed by atoms with Gasteiger partial charge in [-0.25, -0.2) is 13.1 Å². The number of aliphatic hydroxyl groups excluding tert-OH is 1. The van der Waals surface area contributed by atoms with E-state index in [-0.39, 0.29) is 10.8 Å². The van der Waals surface area contributed by atoms with Crippen molar-refractivity contribution in [2.24, 2.45) is 0 Å². The van der Waals surface area contributed by atoms with E-state index < -0.39 is 16.1 Å². The summed E-state index contributed by atoms with van der Waals surface area (Å²) >= 11 is 1.26. The van der Waals surface area contributed by atoms with E-state index in [1.807, 2.05) is 19.1 Å². The fourth-order valence-corrected chi connectivity index (χ4v) is 4.12. The first-order valence-electron chi connectivity index (χ1n) is 6.34. The minimum absolute atomic E-state index is 0.0360. The average Bonchev–Trinajstić information content (AvgIpc) is 2.95. The van der Waals surface area contributed by atoms with Crippen molar-refractivity contribution in [2.45, 2.75) is 23.7 Å². The van der Waals surface area contributed by atoms with Crippen molar-refractivity contribution in [1.29, 1.82) is 0 Å². The molecule has 0 aliphatic carbocycles. The third kappa shape index (κ3) is 3.67. The van der Waals surface area contributed by atoms with Gasteiger partial charge in [0.05, 0.1) is 6.10 Å². The standard InChI is InChI=1S/C14H17NO3S2/c1-2-12-8-9-14(19-12)20(17,18)15-10-13(16)11-6-4-3-5-7-11/h3-9,13,15-16H,2,10H2,1H3. The topological polar surface area (TPSA) is 66.4 Å². The second kappa shape index (κ2) is 6.49. The third-order valence-electron chi connectivity index (χ3n) is 2.90. The molecule has 0 saturated heterocycles. The number of nitrogens with one attached hydrogen (secondary N) is 1. The fraction of sp³-hybridized carbons (Fsp3) is 0.286. The van der Waals surface area contributed by atoms with E-state index in [1.54, 1.807) is 30.3 Å². The van der Waals surface area contributed by atoms with Crippen molar-refractivity contribution in [3.8, 4) is 0 Å². The molecular weight excluding hydrogens is 294 g/mol. The predicted molar refractivity (Wildman–Crippen MR) is 80.3 cm³/mol. The van der Waals surface area contributed by atoms with Crippen LogP contribution >= 0.6 is 11.3 Å². The summed E-state index contributed by atoms with van der Waals surface area (Å²) < 4.78 is 26.9. The number of aliphatic hydroxyl groups is 1. The second-order valence-corrected chi connectivity index (χ2v) is 7.51. The van der Waals surface area contributed by atoms with Crippen molar-refractivity contribution in [1.82, 2.24) is 4.72 Å². The maximum absolute atomic E-state index is 12.1. The zero-order valence-electron chi connectivity index (χ0n) is 11.1. The molecule has 1 unspecified atom stereocenters. The van der Waals surface area contributed by atoms with Crippen LogP contribution in [0.15, 0.2) is 46.7 Å². The van der Waals surface area contributed by atoms with Gasteiger partial charge in [0.15, 0.2) is 0 Å². The summed E-state index contributed by atoms with van der Waals surface area (Å²) in [6.07, 6.45) is -0.0381. The first-order chi connectivity index (χ1) is 9.53. The second-order valence-electron chi connectivity index (χ2n) is 4.35. The molecule has 1 aromatic heterocycles. The molecule has 1 atom stereocenters. The molecule has 2 aromatic rings. The summed E-state index contributed by atoms with van der Waals surface area (Å²) in [4.78, 5) is 1.02. The van der Waals surface area contributed by atoms with Gasteiger partial charge in [-0.2, -0.15) is 0 Å². The molecular formula is C14H17NO3S2. The molecule has 0 amide bonds. The summed E-state index contributed by atoms with van der Waals surface area (Å²) in [6.45, 7) is 1.94. The molecule has 0 aliphatic rings. The van der Waals surface area contributed by atoms with Gasteiger partial charge in [0.1, 0.15) is 4.21 Å². The average molecular weight is 311 g/mol. The summed E-state index contributed by atoms with van der Waals surface area (Å²) in [5.74, 6) is 0. The van der Waals surface area contributed by atoms with E-state index in [1.165, 1.54) is 11.3 Å². The zero-order valence-corrected chi connectivity index (χ0v) is 12.7. The Hall–Kier alpha value is -1.21. The van der Waals surface area contributed by atoms with Crippen molar-refractivity contribution >= 4 is 21.4 Å². The highest BCUT2D eigenvalue weighted by Crippen LogP contribution is 2.22. The highest BCUT2D eigenvalue weighted by atomic mass is 32.2. The van der Waals surface area contributed by atoms with Gasteiger partial charge in [-0.1, -0.05) is 37.3 Å². The van der Waals surface area contributed by atoms with Gasteiger partial charge in [0, 0.05) is 11.4 Å². The molecule has 0 spiro atoms. The molecule has 2 rings (SSSR count). The maximum atomic E-state index is 12.1. The highest BCUT2D eigenvalue weighted by molar-refractivity contribution is 7.91. The van der Waals surface area contributed by atoms with Gasteiger partial charge < -0.3 is 5.11 Å². The zero-order chi connectivity index (χ0) is 14.6. The number of hydrogen-bond acceptors (Lipinski definition) is 4. The van der Waals surface area contributed by atoms with Gasteiger partial charge in [0.2, 0.25) is 10.0 Å². The lowest BCUT2D eigenvalue weighted by Gasteiger charge is -2.11. The van der Waals surface area contributed by atoms with Gasteiger partial charge in [-0.15, -0.1) is 11.3 Å². The first kappa shape index (κ1) is 15.2. The Labute approximate surface area is 123 Å². The Balaban J connectivity index is 2.02. The Morgan fingerprint density at radius 1 is 1.20 bits per heavy atom. The van der Waals surface area contributed by atoms with Crippen LogP contribution in [-0.2, 0) is 16.4 Å². The molecule has 1 heterocycles. The van der Waals surface area contributed by atoms with Gasteiger partial charge in [-0.3, -0.25) is 0 Å². The monoisotopic (exact) mass is 311 g/mol. The number of hydrogen-bond donors (Lipinski definition) is 2. The van der Waals surface area contributed by atoms with Crippen LogP contribution in [0.25, 0.3) is 0 Å². The van der Waals surface area contributed by atoms with Crippen molar-refractivity contribution in [3.05, 3.63) is 52.9 Å². The van der Waals surface area contributed by atoms with E-state index in [4.69, 9.17) is 0 Å².